The molecule has 3 rings (SSSR count). The molecule has 10 heteroatoms. The average molecular weight is 525 g/mol. The van der Waals surface area contributed by atoms with E-state index in [9.17, 15) is 14.4 Å². The normalized spacial score (nSPS) is 11.6. The zero-order valence-corrected chi connectivity index (χ0v) is 23.4. The van der Waals surface area contributed by atoms with Crippen molar-refractivity contribution < 1.29 is 14.0 Å². The van der Waals surface area contributed by atoms with E-state index in [2.05, 4.69) is 48.1 Å². The highest BCUT2D eigenvalue weighted by atomic mass is 16.3. The number of aromatic nitrogens is 1. The lowest BCUT2D eigenvalue weighted by molar-refractivity contribution is 0.0942. The zero-order chi connectivity index (χ0) is 28.0. The lowest BCUT2D eigenvalue weighted by Crippen LogP contribution is -2.36. The zero-order valence-electron chi connectivity index (χ0n) is 23.4. The Labute approximate surface area is 223 Å². The van der Waals surface area contributed by atoms with Crippen LogP contribution in [0.4, 0.5) is 5.69 Å². The van der Waals surface area contributed by atoms with Gasteiger partial charge in [0.05, 0.1) is 16.8 Å². The Kier molecular flexibility index (Phi) is 9.82. The molecule has 0 atom stereocenters. The van der Waals surface area contributed by atoms with Gasteiger partial charge in [-0.05, 0) is 51.7 Å². The van der Waals surface area contributed by atoms with Gasteiger partial charge < -0.3 is 30.6 Å². The van der Waals surface area contributed by atoms with Crippen LogP contribution >= 0.6 is 0 Å². The van der Waals surface area contributed by atoms with Crippen LogP contribution < -0.4 is 21.8 Å². The summed E-state index contributed by atoms with van der Waals surface area (Å²) in [5.74, 6) is -0.607. The molecule has 2 aliphatic rings. The lowest BCUT2D eigenvalue weighted by Gasteiger charge is -2.20. The molecular weight excluding hydrogens is 484 g/mol. The SMILES string of the molecule is CCN(CC)CCNC(=O)c1c2nc3c(C(=O)NCCN(CC)CC)ccc(C)c3oc-2c(C)c(=O)c1N. The number of hydrogen-bond acceptors (Lipinski definition) is 8. The molecule has 1 aliphatic heterocycles. The fraction of sp³-hybridized carbons (Fsp3) is 0.500. The Bertz CT molecular complexity index is 1330. The molecule has 0 unspecified atom stereocenters. The lowest BCUT2D eigenvalue weighted by atomic mass is 9.99. The summed E-state index contributed by atoms with van der Waals surface area (Å²) >= 11 is 0. The van der Waals surface area contributed by atoms with Crippen molar-refractivity contribution in [3.05, 3.63) is 44.6 Å². The van der Waals surface area contributed by atoms with Crippen molar-refractivity contribution in [1.29, 1.82) is 0 Å². The van der Waals surface area contributed by atoms with Crippen LogP contribution in [0.2, 0.25) is 0 Å². The molecule has 0 saturated carbocycles. The van der Waals surface area contributed by atoms with Crippen molar-refractivity contribution in [2.24, 2.45) is 0 Å². The highest BCUT2D eigenvalue weighted by Crippen LogP contribution is 2.34. The molecule has 0 saturated heterocycles. The molecule has 0 bridgehead atoms. The van der Waals surface area contributed by atoms with Gasteiger partial charge in [-0.3, -0.25) is 14.4 Å². The number of nitrogens with two attached hydrogens (primary N) is 1. The first-order valence-electron chi connectivity index (χ1n) is 13.4. The third kappa shape index (κ3) is 5.97. The topological polar surface area (TPSA) is 134 Å². The number of nitrogens with zero attached hydrogens (tertiary/aromatic N) is 3. The van der Waals surface area contributed by atoms with E-state index < -0.39 is 11.3 Å². The number of anilines is 1. The second-order valence-electron chi connectivity index (χ2n) is 9.31. The first-order valence-corrected chi connectivity index (χ1v) is 13.4. The van der Waals surface area contributed by atoms with E-state index in [4.69, 9.17) is 15.1 Å². The maximum atomic E-state index is 13.3. The van der Waals surface area contributed by atoms with Crippen LogP contribution in [0.5, 0.6) is 0 Å². The van der Waals surface area contributed by atoms with Gasteiger partial charge in [-0.2, -0.15) is 0 Å². The van der Waals surface area contributed by atoms with E-state index in [1.807, 2.05) is 6.92 Å². The van der Waals surface area contributed by atoms with Crippen molar-refractivity contribution in [2.75, 3.05) is 58.1 Å². The van der Waals surface area contributed by atoms with Gasteiger partial charge in [0.25, 0.3) is 11.8 Å². The summed E-state index contributed by atoms with van der Waals surface area (Å²) in [7, 11) is 0. The number of hydrogen-bond donors (Lipinski definition) is 3. The molecule has 1 aromatic carbocycles. The minimum Gasteiger partial charge on any atom is -0.452 e. The molecule has 1 heterocycles. The number of nitrogen functional groups attached to an aromatic ring is 1. The quantitative estimate of drug-likeness (QED) is 0.243. The second-order valence-corrected chi connectivity index (χ2v) is 9.31. The van der Waals surface area contributed by atoms with Gasteiger partial charge in [-0.25, -0.2) is 4.98 Å². The number of benzene rings is 2. The van der Waals surface area contributed by atoms with Gasteiger partial charge in [0.1, 0.15) is 11.2 Å². The predicted octanol–water partition coefficient (Wildman–Crippen LogP) is 2.64. The Morgan fingerprint density at radius 2 is 1.47 bits per heavy atom. The average Bonchev–Trinajstić information content (AvgIpc) is 2.92. The van der Waals surface area contributed by atoms with Gasteiger partial charge in [-0.15, -0.1) is 0 Å². The third-order valence-corrected chi connectivity index (χ3v) is 7.09. The van der Waals surface area contributed by atoms with E-state index >= 15 is 0 Å². The van der Waals surface area contributed by atoms with E-state index in [1.165, 1.54) is 0 Å². The highest BCUT2D eigenvalue weighted by Gasteiger charge is 2.29. The maximum absolute atomic E-state index is 13.3. The van der Waals surface area contributed by atoms with E-state index in [0.29, 0.717) is 36.3 Å². The Balaban J connectivity index is 2.07. The largest absolute Gasteiger partial charge is 0.452 e. The van der Waals surface area contributed by atoms with Crippen molar-refractivity contribution >= 4 is 28.6 Å². The first kappa shape index (κ1) is 29.1. The van der Waals surface area contributed by atoms with Crippen molar-refractivity contribution in [2.45, 2.75) is 41.5 Å². The fourth-order valence-corrected chi connectivity index (χ4v) is 4.53. The molecule has 0 aromatic heterocycles. The third-order valence-electron chi connectivity index (χ3n) is 7.09. The standard InChI is InChI=1S/C28H40N6O4/c1-7-33(8-2)15-13-30-27(36)19-12-11-17(5)25-22(19)32-23-20(21(29)24(35)18(6)26(23)38-25)28(37)31-14-16-34(9-3)10-4/h11-12H,7-10,13-16,29H2,1-6H3,(H,30,36)(H,31,37). The number of carbonyl (C=O) groups excluding carboxylic acids is 2. The fourth-order valence-electron chi connectivity index (χ4n) is 4.53. The molecule has 10 nitrogen and oxygen atoms in total. The minimum absolute atomic E-state index is 0.0322. The predicted molar refractivity (Wildman–Crippen MR) is 151 cm³/mol. The molecule has 38 heavy (non-hydrogen) atoms. The van der Waals surface area contributed by atoms with E-state index in [1.54, 1.807) is 19.1 Å². The molecule has 0 radical (unpaired) electrons. The van der Waals surface area contributed by atoms with E-state index in [-0.39, 0.29) is 34.2 Å². The van der Waals surface area contributed by atoms with Crippen LogP contribution in [0.3, 0.4) is 0 Å². The van der Waals surface area contributed by atoms with Crippen LogP contribution in [0.15, 0.2) is 21.3 Å². The van der Waals surface area contributed by atoms with Crippen LogP contribution in [-0.2, 0) is 0 Å². The number of carbonyl (C=O) groups is 2. The highest BCUT2D eigenvalue weighted by molar-refractivity contribution is 6.08. The number of nitrogens with one attached hydrogen (secondary N) is 2. The molecular formula is C28H40N6O4. The van der Waals surface area contributed by atoms with E-state index in [0.717, 1.165) is 38.3 Å². The monoisotopic (exact) mass is 524 g/mol. The maximum Gasteiger partial charge on any atom is 0.255 e. The molecule has 206 valence electrons. The van der Waals surface area contributed by atoms with Gasteiger partial charge in [-0.1, -0.05) is 33.8 Å². The Morgan fingerprint density at radius 3 is 2.03 bits per heavy atom. The molecule has 2 amide bonds. The van der Waals surface area contributed by atoms with Crippen molar-refractivity contribution in [1.82, 2.24) is 25.4 Å². The second kappa shape index (κ2) is 12.8. The molecule has 4 N–H and O–H groups in total. The Hall–Kier alpha value is -3.50. The number of aryl methyl sites for hydroxylation is 1. The minimum atomic E-state index is -0.503. The van der Waals surface area contributed by atoms with Crippen molar-refractivity contribution in [3.63, 3.8) is 0 Å². The van der Waals surface area contributed by atoms with Crippen molar-refractivity contribution in [3.8, 4) is 11.5 Å². The molecule has 0 spiro atoms. The summed E-state index contributed by atoms with van der Waals surface area (Å²) < 4.78 is 6.19. The Morgan fingerprint density at radius 1 is 0.921 bits per heavy atom. The summed E-state index contributed by atoms with van der Waals surface area (Å²) in [6.45, 7) is 17.5. The summed E-state index contributed by atoms with van der Waals surface area (Å²) in [5, 5.41) is 5.81. The molecule has 1 aliphatic carbocycles. The summed E-state index contributed by atoms with van der Waals surface area (Å²) in [6.07, 6.45) is 0. The van der Waals surface area contributed by atoms with Crippen LogP contribution in [0.1, 0.15) is 59.5 Å². The number of fused-ring (bicyclic) bond motifs is 2. The van der Waals surface area contributed by atoms with Gasteiger partial charge in [0.2, 0.25) is 5.43 Å². The number of amides is 2. The van der Waals surface area contributed by atoms with Crippen LogP contribution in [-0.4, -0.2) is 79.0 Å². The molecule has 0 fully saturated rings. The smallest absolute Gasteiger partial charge is 0.255 e. The van der Waals surface area contributed by atoms with Gasteiger partial charge in [0.15, 0.2) is 11.3 Å². The summed E-state index contributed by atoms with van der Waals surface area (Å²) in [5.41, 5.74) is 7.69. The van der Waals surface area contributed by atoms with Crippen LogP contribution in [0.25, 0.3) is 22.6 Å². The van der Waals surface area contributed by atoms with Crippen LogP contribution in [0, 0.1) is 13.8 Å². The summed E-state index contributed by atoms with van der Waals surface area (Å²) in [6, 6.07) is 3.48. The number of likely N-dealkylation sites (N-methyl/N-ethyl adjacent to an activating group) is 2. The first-order chi connectivity index (χ1) is 18.2. The number of rotatable bonds is 12. The van der Waals surface area contributed by atoms with Gasteiger partial charge >= 0.3 is 0 Å². The summed E-state index contributed by atoms with van der Waals surface area (Å²) in [4.78, 5) is 48.5. The van der Waals surface area contributed by atoms with Gasteiger partial charge in [0, 0.05) is 31.7 Å². The molecule has 1 aromatic rings.